The summed E-state index contributed by atoms with van der Waals surface area (Å²) in [6.07, 6.45) is -4.16. The predicted molar refractivity (Wildman–Crippen MR) is 103 cm³/mol. The number of halogens is 3. The normalized spacial score (nSPS) is 12.4. The van der Waals surface area contributed by atoms with E-state index in [9.17, 15) is 18.0 Å². The number of aromatic nitrogens is 2. The van der Waals surface area contributed by atoms with Crippen molar-refractivity contribution in [2.75, 3.05) is 7.11 Å². The van der Waals surface area contributed by atoms with E-state index in [1.807, 2.05) is 0 Å². The zero-order valence-electron chi connectivity index (χ0n) is 16.4. The van der Waals surface area contributed by atoms with E-state index in [0.717, 1.165) is 17.7 Å². The van der Waals surface area contributed by atoms with Gasteiger partial charge in [-0.25, -0.2) is 0 Å². The van der Waals surface area contributed by atoms with Crippen LogP contribution in [0.3, 0.4) is 0 Å². The largest absolute Gasteiger partial charge is 0.497 e. The minimum Gasteiger partial charge on any atom is -0.497 e. The van der Waals surface area contributed by atoms with Crippen LogP contribution in [0.1, 0.15) is 36.4 Å². The standard InChI is InChI=1S/C21H20F3N3O3/c1-13(15-4-3-5-16(12-15)21(22,23)24)25-18(28)10-11-19-26-20(27-30-19)14-6-8-17(29-2)9-7-14/h3-9,12-13H,10-11H2,1-2H3,(H,25,28)/t13-/m1/s1. The highest BCUT2D eigenvalue weighted by molar-refractivity contribution is 5.76. The number of hydrogen-bond acceptors (Lipinski definition) is 5. The van der Waals surface area contributed by atoms with Crippen LogP contribution in [0.4, 0.5) is 13.2 Å². The summed E-state index contributed by atoms with van der Waals surface area (Å²) in [6, 6.07) is 11.4. The van der Waals surface area contributed by atoms with Crippen molar-refractivity contribution < 1.29 is 27.2 Å². The van der Waals surface area contributed by atoms with E-state index in [0.29, 0.717) is 23.0 Å². The number of hydrogen-bond donors (Lipinski definition) is 1. The lowest BCUT2D eigenvalue weighted by molar-refractivity contribution is -0.137. The summed E-state index contributed by atoms with van der Waals surface area (Å²) < 4.78 is 48.8. The van der Waals surface area contributed by atoms with E-state index in [-0.39, 0.29) is 18.7 Å². The second kappa shape index (κ2) is 8.98. The third kappa shape index (κ3) is 5.37. The summed E-state index contributed by atoms with van der Waals surface area (Å²) >= 11 is 0. The minimum atomic E-state index is -4.43. The highest BCUT2D eigenvalue weighted by atomic mass is 19.4. The molecule has 0 spiro atoms. The fraction of sp³-hybridized carbons (Fsp3) is 0.286. The van der Waals surface area contributed by atoms with Crippen LogP contribution in [0.2, 0.25) is 0 Å². The Labute approximate surface area is 171 Å². The molecule has 1 heterocycles. The molecule has 1 aromatic heterocycles. The molecular formula is C21H20F3N3O3. The van der Waals surface area contributed by atoms with Crippen LogP contribution in [0.5, 0.6) is 5.75 Å². The van der Waals surface area contributed by atoms with Crippen molar-refractivity contribution >= 4 is 5.91 Å². The van der Waals surface area contributed by atoms with Crippen LogP contribution >= 0.6 is 0 Å². The maximum Gasteiger partial charge on any atom is 0.416 e. The quantitative estimate of drug-likeness (QED) is 0.607. The first-order valence-electron chi connectivity index (χ1n) is 9.20. The van der Waals surface area contributed by atoms with Gasteiger partial charge in [0.15, 0.2) is 0 Å². The van der Waals surface area contributed by atoms with Crippen LogP contribution in [-0.2, 0) is 17.4 Å². The van der Waals surface area contributed by atoms with Crippen LogP contribution in [0, 0.1) is 0 Å². The van der Waals surface area contributed by atoms with Gasteiger partial charge in [0.2, 0.25) is 17.6 Å². The summed E-state index contributed by atoms with van der Waals surface area (Å²) in [4.78, 5) is 16.5. The van der Waals surface area contributed by atoms with Crippen LogP contribution in [0.25, 0.3) is 11.4 Å². The Morgan fingerprint density at radius 3 is 2.60 bits per heavy atom. The van der Waals surface area contributed by atoms with Crippen molar-refractivity contribution in [3.63, 3.8) is 0 Å². The lowest BCUT2D eigenvalue weighted by Gasteiger charge is -2.16. The van der Waals surface area contributed by atoms with Crippen LogP contribution in [0.15, 0.2) is 53.1 Å². The number of amides is 1. The second-order valence-corrected chi connectivity index (χ2v) is 6.65. The molecule has 0 unspecified atom stereocenters. The minimum absolute atomic E-state index is 0.0630. The molecule has 3 aromatic rings. The summed E-state index contributed by atoms with van der Waals surface area (Å²) in [5.41, 5.74) is 0.365. The van der Waals surface area contributed by atoms with Gasteiger partial charge >= 0.3 is 6.18 Å². The van der Waals surface area contributed by atoms with Crippen molar-refractivity contribution in [3.8, 4) is 17.1 Å². The van der Waals surface area contributed by atoms with E-state index in [1.54, 1.807) is 44.4 Å². The number of nitrogens with one attached hydrogen (secondary N) is 1. The summed E-state index contributed by atoms with van der Waals surface area (Å²) in [5.74, 6) is 1.06. The van der Waals surface area contributed by atoms with Gasteiger partial charge in [-0.05, 0) is 48.9 Å². The van der Waals surface area contributed by atoms with Crippen molar-refractivity contribution in [2.45, 2.75) is 32.0 Å². The molecule has 1 N–H and O–H groups in total. The number of methoxy groups -OCH3 is 1. The molecule has 0 saturated carbocycles. The third-order valence-electron chi connectivity index (χ3n) is 4.47. The maximum atomic E-state index is 12.8. The van der Waals surface area contributed by atoms with E-state index in [4.69, 9.17) is 9.26 Å². The van der Waals surface area contributed by atoms with Gasteiger partial charge in [0.05, 0.1) is 18.7 Å². The lowest BCUT2D eigenvalue weighted by atomic mass is 10.0. The highest BCUT2D eigenvalue weighted by Crippen LogP contribution is 2.30. The number of carbonyl (C=O) groups excluding carboxylic acids is 1. The third-order valence-corrected chi connectivity index (χ3v) is 4.47. The molecule has 1 atom stereocenters. The van der Waals surface area contributed by atoms with Crippen LogP contribution < -0.4 is 10.1 Å². The predicted octanol–water partition coefficient (Wildman–Crippen LogP) is 4.57. The SMILES string of the molecule is COc1ccc(-c2noc(CCC(=O)N[C@H](C)c3cccc(C(F)(F)F)c3)n2)cc1. The average Bonchev–Trinajstić information content (AvgIpc) is 3.21. The molecule has 0 aliphatic rings. The van der Waals surface area contributed by atoms with Gasteiger partial charge in [0.1, 0.15) is 5.75 Å². The molecule has 1 amide bonds. The Morgan fingerprint density at radius 1 is 1.20 bits per heavy atom. The molecular weight excluding hydrogens is 399 g/mol. The zero-order chi connectivity index (χ0) is 21.7. The van der Waals surface area contributed by atoms with Gasteiger partial charge in [0.25, 0.3) is 0 Å². The molecule has 6 nitrogen and oxygen atoms in total. The molecule has 0 bridgehead atoms. The smallest absolute Gasteiger partial charge is 0.416 e. The first kappa shape index (κ1) is 21.4. The topological polar surface area (TPSA) is 77.2 Å². The lowest BCUT2D eigenvalue weighted by Crippen LogP contribution is -2.27. The van der Waals surface area contributed by atoms with Crippen molar-refractivity contribution in [1.29, 1.82) is 0 Å². The molecule has 2 aromatic carbocycles. The van der Waals surface area contributed by atoms with Crippen molar-refractivity contribution in [3.05, 3.63) is 65.5 Å². The van der Waals surface area contributed by atoms with Gasteiger partial charge in [-0.1, -0.05) is 17.3 Å². The Bertz CT molecular complexity index is 1000. The van der Waals surface area contributed by atoms with Gasteiger partial charge in [-0.15, -0.1) is 0 Å². The molecule has 158 valence electrons. The van der Waals surface area contributed by atoms with Crippen molar-refractivity contribution in [2.24, 2.45) is 0 Å². The second-order valence-electron chi connectivity index (χ2n) is 6.65. The number of nitrogens with zero attached hydrogens (tertiary/aromatic N) is 2. The van der Waals surface area contributed by atoms with E-state index in [2.05, 4.69) is 15.5 Å². The Kier molecular flexibility index (Phi) is 6.39. The number of carbonyl (C=O) groups is 1. The molecule has 0 saturated heterocycles. The molecule has 0 radical (unpaired) electrons. The Hall–Kier alpha value is -3.36. The van der Waals surface area contributed by atoms with E-state index < -0.39 is 17.8 Å². The Morgan fingerprint density at radius 2 is 1.93 bits per heavy atom. The highest BCUT2D eigenvalue weighted by Gasteiger charge is 2.30. The molecule has 0 aliphatic carbocycles. The molecule has 9 heteroatoms. The summed E-state index contributed by atoms with van der Waals surface area (Å²) in [5, 5.41) is 6.58. The average molecular weight is 419 g/mol. The molecule has 30 heavy (non-hydrogen) atoms. The first-order chi connectivity index (χ1) is 14.3. The van der Waals surface area contributed by atoms with E-state index in [1.165, 1.54) is 6.07 Å². The van der Waals surface area contributed by atoms with E-state index >= 15 is 0 Å². The van der Waals surface area contributed by atoms with Gasteiger partial charge in [-0.2, -0.15) is 18.2 Å². The van der Waals surface area contributed by atoms with Crippen molar-refractivity contribution in [1.82, 2.24) is 15.5 Å². The first-order valence-corrected chi connectivity index (χ1v) is 9.20. The van der Waals surface area contributed by atoms with Gasteiger partial charge in [-0.3, -0.25) is 4.79 Å². The monoisotopic (exact) mass is 419 g/mol. The Balaban J connectivity index is 1.55. The van der Waals surface area contributed by atoms with Crippen LogP contribution in [-0.4, -0.2) is 23.2 Å². The molecule has 0 aliphatic heterocycles. The number of ether oxygens (including phenoxy) is 1. The fourth-order valence-corrected chi connectivity index (χ4v) is 2.82. The van der Waals surface area contributed by atoms with Gasteiger partial charge < -0.3 is 14.6 Å². The maximum absolute atomic E-state index is 12.8. The molecule has 3 rings (SSSR count). The number of alkyl halides is 3. The van der Waals surface area contributed by atoms with Gasteiger partial charge in [0, 0.05) is 18.4 Å². The number of rotatable bonds is 7. The zero-order valence-corrected chi connectivity index (χ0v) is 16.4. The number of benzene rings is 2. The summed E-state index contributed by atoms with van der Waals surface area (Å²) in [7, 11) is 1.57. The fourth-order valence-electron chi connectivity index (χ4n) is 2.82. The summed E-state index contributed by atoms with van der Waals surface area (Å²) in [6.45, 7) is 1.63. The number of aryl methyl sites for hydroxylation is 1. The molecule has 0 fully saturated rings.